The van der Waals surface area contributed by atoms with Crippen molar-refractivity contribution in [3.63, 3.8) is 0 Å². The van der Waals surface area contributed by atoms with Gasteiger partial charge in [-0.05, 0) is 31.9 Å². The molecular weight excluding hydrogens is 276 g/mol. The minimum atomic E-state index is -3.35. The zero-order chi connectivity index (χ0) is 14.5. The molecule has 0 spiro atoms. The first-order valence-electron chi connectivity index (χ1n) is 6.52. The number of allylic oxidation sites excluding steroid dienone is 1. The molecule has 1 atom stereocenters. The quantitative estimate of drug-likeness (QED) is 0.780. The molecule has 4 heteroatoms. The van der Waals surface area contributed by atoms with E-state index in [4.69, 9.17) is 0 Å². The molecule has 0 N–H and O–H groups in total. The number of aryl methyl sites for hydroxylation is 1. The molecule has 0 aliphatic heterocycles. The highest BCUT2D eigenvalue weighted by Gasteiger charge is 2.20. The van der Waals surface area contributed by atoms with Crippen LogP contribution in [-0.4, -0.2) is 14.2 Å². The highest BCUT2D eigenvalue weighted by molar-refractivity contribution is 8.18. The minimum Gasteiger partial charge on any atom is -0.218 e. The van der Waals surface area contributed by atoms with Gasteiger partial charge in [-0.1, -0.05) is 44.0 Å². The Labute approximate surface area is 121 Å². The van der Waals surface area contributed by atoms with Crippen LogP contribution in [0.25, 0.3) is 0 Å². The van der Waals surface area contributed by atoms with Gasteiger partial charge in [0.05, 0.1) is 4.90 Å². The normalized spacial score (nSPS) is 14.4. The van der Waals surface area contributed by atoms with Crippen LogP contribution in [0.15, 0.2) is 39.5 Å². The average molecular weight is 298 g/mol. The molecule has 1 rings (SSSR count). The van der Waals surface area contributed by atoms with E-state index in [0.29, 0.717) is 15.1 Å². The van der Waals surface area contributed by atoms with E-state index in [1.165, 1.54) is 11.8 Å². The molecule has 19 heavy (non-hydrogen) atoms. The molecule has 0 bridgehead atoms. The summed E-state index contributed by atoms with van der Waals surface area (Å²) in [7, 11) is -3.35. The molecule has 0 amide bonds. The van der Waals surface area contributed by atoms with Crippen LogP contribution in [-0.2, 0) is 9.84 Å². The Morgan fingerprint density at radius 3 is 2.37 bits per heavy atom. The van der Waals surface area contributed by atoms with Gasteiger partial charge in [0.25, 0.3) is 0 Å². The van der Waals surface area contributed by atoms with Crippen molar-refractivity contribution in [1.29, 1.82) is 0 Å². The Balaban J connectivity index is 2.94. The third-order valence-corrected chi connectivity index (χ3v) is 6.96. The van der Waals surface area contributed by atoms with Gasteiger partial charge in [0, 0.05) is 5.75 Å². The summed E-state index contributed by atoms with van der Waals surface area (Å²) in [4.78, 5) is 0.378. The fourth-order valence-electron chi connectivity index (χ4n) is 1.49. The van der Waals surface area contributed by atoms with Crippen LogP contribution in [0.1, 0.15) is 32.8 Å². The van der Waals surface area contributed by atoms with Crippen LogP contribution in [0.4, 0.5) is 0 Å². The predicted molar refractivity (Wildman–Crippen MR) is 84.0 cm³/mol. The number of rotatable bonds is 6. The van der Waals surface area contributed by atoms with Gasteiger partial charge in [0.15, 0.2) is 0 Å². The molecule has 0 saturated heterocycles. The standard InChI is InChI=1S/C15H22O2S2/c1-5-12(3)11-18-15(6-2)19(16,17)14-9-7-13(4)8-10-14/h6-10,12H,5,11H2,1-4H3/b15-6-. The molecule has 0 aromatic heterocycles. The Hall–Kier alpha value is -0.740. The summed E-state index contributed by atoms with van der Waals surface area (Å²) >= 11 is 1.43. The van der Waals surface area contributed by atoms with Gasteiger partial charge >= 0.3 is 0 Å². The molecular formula is C15H22O2S2. The van der Waals surface area contributed by atoms with Crippen LogP contribution in [0.3, 0.4) is 0 Å². The highest BCUT2D eigenvalue weighted by atomic mass is 32.3. The lowest BCUT2D eigenvalue weighted by molar-refractivity contribution is 0.603. The van der Waals surface area contributed by atoms with E-state index in [1.54, 1.807) is 25.1 Å². The molecule has 0 radical (unpaired) electrons. The summed E-state index contributed by atoms with van der Waals surface area (Å²) in [5.74, 6) is 1.36. The van der Waals surface area contributed by atoms with Crippen molar-refractivity contribution in [3.05, 3.63) is 40.1 Å². The molecule has 106 valence electrons. The second kappa shape index (κ2) is 7.15. The van der Waals surface area contributed by atoms with Gasteiger partial charge in [0.2, 0.25) is 9.84 Å². The topological polar surface area (TPSA) is 34.1 Å². The Kier molecular flexibility index (Phi) is 6.14. The maximum atomic E-state index is 12.5. The number of hydrogen-bond acceptors (Lipinski definition) is 3. The molecule has 0 aliphatic rings. The summed E-state index contributed by atoms with van der Waals surface area (Å²) in [5.41, 5.74) is 1.06. The van der Waals surface area contributed by atoms with Crippen molar-refractivity contribution >= 4 is 21.6 Å². The summed E-state index contributed by atoms with van der Waals surface area (Å²) in [6.45, 7) is 7.99. The molecule has 1 aromatic carbocycles. The van der Waals surface area contributed by atoms with Crippen molar-refractivity contribution < 1.29 is 8.42 Å². The SMILES string of the molecule is C/C=C(/SCC(C)CC)S(=O)(=O)c1ccc(C)cc1. The zero-order valence-corrected chi connectivity index (χ0v) is 13.6. The molecule has 2 nitrogen and oxygen atoms in total. The molecule has 1 unspecified atom stereocenters. The van der Waals surface area contributed by atoms with Crippen LogP contribution in [0.5, 0.6) is 0 Å². The maximum absolute atomic E-state index is 12.5. The van der Waals surface area contributed by atoms with Gasteiger partial charge in [0.1, 0.15) is 4.24 Å². The Morgan fingerprint density at radius 1 is 1.32 bits per heavy atom. The van der Waals surface area contributed by atoms with Gasteiger partial charge < -0.3 is 0 Å². The van der Waals surface area contributed by atoms with E-state index in [9.17, 15) is 8.42 Å². The average Bonchev–Trinajstić information content (AvgIpc) is 2.39. The van der Waals surface area contributed by atoms with E-state index >= 15 is 0 Å². The first-order valence-corrected chi connectivity index (χ1v) is 8.99. The Bertz CT molecular complexity index is 528. The summed E-state index contributed by atoms with van der Waals surface area (Å²) in [6, 6.07) is 7.02. The lowest BCUT2D eigenvalue weighted by Gasteiger charge is -2.11. The Morgan fingerprint density at radius 2 is 1.89 bits per heavy atom. The maximum Gasteiger partial charge on any atom is 0.212 e. The molecule has 1 aromatic rings. The molecule has 0 aliphatic carbocycles. The predicted octanol–water partition coefficient (Wildman–Crippen LogP) is 4.41. The highest BCUT2D eigenvalue weighted by Crippen LogP contribution is 2.30. The van der Waals surface area contributed by atoms with E-state index in [-0.39, 0.29) is 0 Å². The van der Waals surface area contributed by atoms with Crippen molar-refractivity contribution in [2.75, 3.05) is 5.75 Å². The lowest BCUT2D eigenvalue weighted by Crippen LogP contribution is -2.05. The van der Waals surface area contributed by atoms with E-state index < -0.39 is 9.84 Å². The monoisotopic (exact) mass is 298 g/mol. The van der Waals surface area contributed by atoms with E-state index in [0.717, 1.165) is 17.7 Å². The molecule has 0 fully saturated rings. The van der Waals surface area contributed by atoms with Crippen molar-refractivity contribution in [3.8, 4) is 0 Å². The van der Waals surface area contributed by atoms with Crippen LogP contribution < -0.4 is 0 Å². The number of hydrogen-bond donors (Lipinski definition) is 0. The van der Waals surface area contributed by atoms with Crippen molar-refractivity contribution in [1.82, 2.24) is 0 Å². The van der Waals surface area contributed by atoms with Crippen LogP contribution >= 0.6 is 11.8 Å². The van der Waals surface area contributed by atoms with Crippen LogP contribution in [0, 0.1) is 12.8 Å². The zero-order valence-electron chi connectivity index (χ0n) is 12.0. The smallest absolute Gasteiger partial charge is 0.212 e. The number of thioether (sulfide) groups is 1. The third-order valence-electron chi connectivity index (χ3n) is 3.04. The second-order valence-corrected chi connectivity index (χ2v) is 7.99. The van der Waals surface area contributed by atoms with Gasteiger partial charge in [-0.25, -0.2) is 8.42 Å². The van der Waals surface area contributed by atoms with Crippen molar-refractivity contribution in [2.45, 2.75) is 39.0 Å². The molecule has 0 heterocycles. The summed E-state index contributed by atoms with van der Waals surface area (Å²) in [5, 5.41) is 0. The summed E-state index contributed by atoms with van der Waals surface area (Å²) < 4.78 is 25.4. The second-order valence-electron chi connectivity index (χ2n) is 4.75. The fourth-order valence-corrected chi connectivity index (χ4v) is 4.49. The van der Waals surface area contributed by atoms with Crippen molar-refractivity contribution in [2.24, 2.45) is 5.92 Å². The largest absolute Gasteiger partial charge is 0.218 e. The number of sulfone groups is 1. The van der Waals surface area contributed by atoms with Gasteiger partial charge in [-0.2, -0.15) is 0 Å². The van der Waals surface area contributed by atoms with Gasteiger partial charge in [-0.15, -0.1) is 11.8 Å². The summed E-state index contributed by atoms with van der Waals surface area (Å²) in [6.07, 6.45) is 2.76. The van der Waals surface area contributed by atoms with E-state index in [2.05, 4.69) is 13.8 Å². The lowest BCUT2D eigenvalue weighted by atomic mass is 10.2. The third kappa shape index (κ3) is 4.39. The number of benzene rings is 1. The van der Waals surface area contributed by atoms with Crippen LogP contribution in [0.2, 0.25) is 0 Å². The van der Waals surface area contributed by atoms with Gasteiger partial charge in [-0.3, -0.25) is 0 Å². The fraction of sp³-hybridized carbons (Fsp3) is 0.467. The first-order chi connectivity index (χ1) is 8.91. The van der Waals surface area contributed by atoms with E-state index in [1.807, 2.05) is 19.1 Å². The minimum absolute atomic E-state index is 0.378. The first kappa shape index (κ1) is 16.3. The molecule has 0 saturated carbocycles.